The predicted octanol–water partition coefficient (Wildman–Crippen LogP) is 4.71. The van der Waals surface area contributed by atoms with Crippen LogP contribution >= 0.6 is 0 Å². The molecule has 0 aromatic carbocycles. The first kappa shape index (κ1) is 25.6. The van der Waals surface area contributed by atoms with Crippen molar-refractivity contribution in [1.82, 2.24) is 0 Å². The van der Waals surface area contributed by atoms with Crippen LogP contribution in [0.4, 0.5) is 0 Å². The van der Waals surface area contributed by atoms with Crippen molar-refractivity contribution in [3.05, 3.63) is 24.3 Å². The maximum absolute atomic E-state index is 13.6. The van der Waals surface area contributed by atoms with Gasteiger partial charge in [-0.3, -0.25) is 19.2 Å². The molecule has 0 saturated heterocycles. The lowest BCUT2D eigenvalue weighted by Gasteiger charge is -2.57. The number of carbonyl (C=O) groups excluding carboxylic acids is 2. The van der Waals surface area contributed by atoms with Gasteiger partial charge in [-0.15, -0.1) is 0 Å². The van der Waals surface area contributed by atoms with Crippen molar-refractivity contribution in [3.8, 4) is 0 Å². The van der Waals surface area contributed by atoms with E-state index in [4.69, 9.17) is 4.74 Å². The van der Waals surface area contributed by atoms with Gasteiger partial charge in [0.1, 0.15) is 0 Å². The number of fused-ring (bicyclic) bond motifs is 4. The third-order valence-corrected chi connectivity index (χ3v) is 10.4. The molecule has 35 heavy (non-hydrogen) atoms. The Bertz CT molecular complexity index is 944. The van der Waals surface area contributed by atoms with Crippen LogP contribution in [-0.2, 0) is 23.9 Å². The van der Waals surface area contributed by atoms with Crippen molar-refractivity contribution < 1.29 is 34.1 Å². The second kappa shape index (κ2) is 8.04. The van der Waals surface area contributed by atoms with Crippen molar-refractivity contribution in [3.63, 3.8) is 0 Å². The number of rotatable bonds is 6. The molecule has 8 unspecified atom stereocenters. The summed E-state index contributed by atoms with van der Waals surface area (Å²) >= 11 is 0. The Balaban J connectivity index is 1.69. The highest BCUT2D eigenvalue weighted by Crippen LogP contribution is 2.63. The lowest BCUT2D eigenvalue weighted by Crippen LogP contribution is -2.60. The molecular weight excluding hydrogens is 448 g/mol. The Labute approximate surface area is 207 Å². The number of carboxylic acids is 2. The summed E-state index contributed by atoms with van der Waals surface area (Å²) in [6, 6.07) is 0. The van der Waals surface area contributed by atoms with E-state index in [2.05, 4.69) is 0 Å². The molecule has 6 rings (SSSR count). The van der Waals surface area contributed by atoms with Gasteiger partial charge in [0.05, 0.1) is 23.7 Å². The predicted molar refractivity (Wildman–Crippen MR) is 128 cm³/mol. The number of hydrogen-bond acceptors (Lipinski definition) is 5. The normalized spacial score (nSPS) is 43.5. The van der Waals surface area contributed by atoms with E-state index in [9.17, 15) is 29.4 Å². The Hall–Kier alpha value is -2.44. The van der Waals surface area contributed by atoms with Crippen molar-refractivity contribution in [2.24, 2.45) is 57.2 Å². The average molecular weight is 487 g/mol. The van der Waals surface area contributed by atoms with Gasteiger partial charge in [0.2, 0.25) is 0 Å². The summed E-state index contributed by atoms with van der Waals surface area (Å²) in [5.41, 5.74) is -2.86. The monoisotopic (exact) mass is 486 g/mol. The van der Waals surface area contributed by atoms with Crippen LogP contribution in [0.5, 0.6) is 0 Å². The summed E-state index contributed by atoms with van der Waals surface area (Å²) in [4.78, 5) is 52.2. The standard InChI is InChI=1S/C28H38O7/c1-15(2)27-11-7-25(5,8-12-27)19(17(27)21(29)30)23(33)35-24(34)20-18(22(31)32)28(16(3)4)13-9-26(20,6)10-14-28/h7,9,11,13,15-20H,8,10,12,14H2,1-6H3,(H,29,30)(H,31,32). The summed E-state index contributed by atoms with van der Waals surface area (Å²) in [5.74, 6) is -7.94. The minimum atomic E-state index is -1.07. The number of aliphatic carboxylic acids is 2. The summed E-state index contributed by atoms with van der Waals surface area (Å²) in [7, 11) is 0. The topological polar surface area (TPSA) is 118 Å². The number of carboxylic acid groups (broad SMARTS) is 2. The van der Waals surface area contributed by atoms with Gasteiger partial charge in [-0.25, -0.2) is 0 Å². The van der Waals surface area contributed by atoms with Crippen LogP contribution in [0.3, 0.4) is 0 Å². The molecule has 2 N–H and O–H groups in total. The summed E-state index contributed by atoms with van der Waals surface area (Å²) < 4.78 is 5.50. The molecule has 6 aliphatic carbocycles. The number of esters is 2. The maximum Gasteiger partial charge on any atom is 0.318 e. The summed E-state index contributed by atoms with van der Waals surface area (Å²) in [6.45, 7) is 11.5. The summed E-state index contributed by atoms with van der Waals surface area (Å²) in [5, 5.41) is 20.4. The molecule has 2 saturated carbocycles. The minimum absolute atomic E-state index is 0.0175. The molecule has 0 heterocycles. The number of allylic oxidation sites excluding steroid dienone is 4. The van der Waals surface area contributed by atoms with Gasteiger partial charge in [-0.2, -0.15) is 0 Å². The van der Waals surface area contributed by atoms with Crippen molar-refractivity contribution in [2.75, 3.05) is 0 Å². The Morgan fingerprint density at radius 3 is 1.23 bits per heavy atom. The van der Waals surface area contributed by atoms with E-state index in [1.54, 1.807) is 0 Å². The molecule has 8 atom stereocenters. The molecule has 6 aliphatic rings. The fourth-order valence-electron chi connectivity index (χ4n) is 7.88. The van der Waals surface area contributed by atoms with Crippen LogP contribution in [0, 0.1) is 57.2 Å². The highest BCUT2D eigenvalue weighted by Gasteiger charge is 2.65. The van der Waals surface area contributed by atoms with Gasteiger partial charge in [-0.05, 0) is 48.3 Å². The van der Waals surface area contributed by atoms with E-state index in [1.165, 1.54) is 0 Å². The van der Waals surface area contributed by atoms with Crippen LogP contribution in [0.25, 0.3) is 0 Å². The van der Waals surface area contributed by atoms with E-state index in [0.717, 1.165) is 0 Å². The zero-order chi connectivity index (χ0) is 26.1. The zero-order valence-electron chi connectivity index (χ0n) is 21.5. The van der Waals surface area contributed by atoms with Gasteiger partial charge < -0.3 is 14.9 Å². The van der Waals surface area contributed by atoms with Crippen LogP contribution in [0.1, 0.15) is 67.2 Å². The maximum atomic E-state index is 13.6. The smallest absolute Gasteiger partial charge is 0.318 e. The van der Waals surface area contributed by atoms with E-state index in [0.29, 0.717) is 25.7 Å². The lowest BCUT2D eigenvalue weighted by molar-refractivity contribution is -0.190. The van der Waals surface area contributed by atoms with E-state index in [1.807, 2.05) is 65.8 Å². The first-order valence-corrected chi connectivity index (χ1v) is 12.8. The molecule has 0 aromatic heterocycles. The molecule has 4 bridgehead atoms. The van der Waals surface area contributed by atoms with Crippen molar-refractivity contribution >= 4 is 23.9 Å². The van der Waals surface area contributed by atoms with E-state index in [-0.39, 0.29) is 11.8 Å². The highest BCUT2D eigenvalue weighted by molar-refractivity contribution is 5.94. The second-order valence-electron chi connectivity index (χ2n) is 12.5. The Morgan fingerprint density at radius 1 is 0.657 bits per heavy atom. The van der Waals surface area contributed by atoms with Crippen molar-refractivity contribution in [1.29, 1.82) is 0 Å². The van der Waals surface area contributed by atoms with E-state index < -0.39 is 69.2 Å². The number of ether oxygens (including phenoxy) is 1. The third-order valence-electron chi connectivity index (χ3n) is 10.4. The first-order valence-electron chi connectivity index (χ1n) is 12.8. The van der Waals surface area contributed by atoms with Gasteiger partial charge in [0.15, 0.2) is 0 Å². The number of carbonyl (C=O) groups is 4. The molecule has 2 fully saturated rings. The molecule has 0 amide bonds. The quantitative estimate of drug-likeness (QED) is 0.317. The third kappa shape index (κ3) is 3.44. The van der Waals surface area contributed by atoms with Crippen LogP contribution in [0.15, 0.2) is 24.3 Å². The molecule has 7 heteroatoms. The van der Waals surface area contributed by atoms with Crippen LogP contribution in [0.2, 0.25) is 0 Å². The van der Waals surface area contributed by atoms with Crippen LogP contribution < -0.4 is 0 Å². The molecule has 0 aromatic rings. The van der Waals surface area contributed by atoms with Crippen LogP contribution in [-0.4, -0.2) is 34.1 Å². The Morgan fingerprint density at radius 2 is 1.00 bits per heavy atom. The Kier molecular flexibility index (Phi) is 5.89. The highest BCUT2D eigenvalue weighted by atomic mass is 16.6. The van der Waals surface area contributed by atoms with Gasteiger partial charge in [0, 0.05) is 10.8 Å². The molecule has 0 radical (unpaired) electrons. The average Bonchev–Trinajstić information content (AvgIpc) is 2.77. The van der Waals surface area contributed by atoms with Gasteiger partial charge in [0.25, 0.3) is 0 Å². The number of hydrogen-bond donors (Lipinski definition) is 2. The first-order chi connectivity index (χ1) is 16.2. The molecule has 192 valence electrons. The SMILES string of the molecule is CC(C)C12C=CC(C)(CC1)C(C(=O)OC(=O)C1C(C(=O)O)C3(C(C)C)C=CC1(C)CC3)C2C(=O)O. The van der Waals surface area contributed by atoms with Gasteiger partial charge >= 0.3 is 23.9 Å². The van der Waals surface area contributed by atoms with Gasteiger partial charge in [-0.1, -0.05) is 65.8 Å². The van der Waals surface area contributed by atoms with Crippen molar-refractivity contribution in [2.45, 2.75) is 67.2 Å². The zero-order valence-corrected chi connectivity index (χ0v) is 21.5. The largest absolute Gasteiger partial charge is 0.481 e. The fourth-order valence-corrected chi connectivity index (χ4v) is 7.88. The minimum Gasteiger partial charge on any atom is -0.481 e. The fraction of sp³-hybridized carbons (Fsp3) is 0.714. The molecule has 0 aliphatic heterocycles. The lowest BCUT2D eigenvalue weighted by atomic mass is 9.45. The van der Waals surface area contributed by atoms with E-state index >= 15 is 0 Å². The molecule has 7 nitrogen and oxygen atoms in total. The molecular formula is C28H38O7. The second-order valence-corrected chi connectivity index (χ2v) is 12.5. The summed E-state index contributed by atoms with van der Waals surface area (Å²) in [6.07, 6.45) is 10.3. The molecule has 0 spiro atoms.